The Labute approximate surface area is 142 Å². The zero-order valence-corrected chi connectivity index (χ0v) is 13.8. The van der Waals surface area contributed by atoms with Crippen LogP contribution in [-0.4, -0.2) is 22.3 Å². The number of ether oxygens (including phenoxy) is 1. The molecule has 0 amide bonds. The van der Waals surface area contributed by atoms with E-state index in [1.54, 1.807) is 0 Å². The van der Waals surface area contributed by atoms with Crippen LogP contribution in [0.2, 0.25) is 0 Å². The van der Waals surface area contributed by atoms with Crippen LogP contribution in [0.5, 0.6) is 0 Å². The van der Waals surface area contributed by atoms with Gasteiger partial charge in [-0.15, -0.1) is 0 Å². The zero-order chi connectivity index (χ0) is 17.4. The van der Waals surface area contributed by atoms with Crippen molar-refractivity contribution < 1.29 is 19.7 Å². The first-order chi connectivity index (χ1) is 11.6. The molecule has 0 fully saturated rings. The summed E-state index contributed by atoms with van der Waals surface area (Å²) >= 11 is 0. The molecule has 2 rings (SSSR count). The third kappa shape index (κ3) is 4.66. The van der Waals surface area contributed by atoms with Crippen molar-refractivity contribution in [1.29, 1.82) is 0 Å². The number of rotatable bonds is 6. The van der Waals surface area contributed by atoms with E-state index in [4.69, 9.17) is 4.74 Å². The SMILES string of the molecule is CCC/C=C\Cc1ccccc1C#CCCC1OC(=O)C(O)=C1O. The average molecular weight is 326 g/mol. The number of hydrogen-bond donors (Lipinski definition) is 2. The number of esters is 1. The van der Waals surface area contributed by atoms with Crippen molar-refractivity contribution in [3.63, 3.8) is 0 Å². The molecule has 24 heavy (non-hydrogen) atoms. The lowest BCUT2D eigenvalue weighted by Crippen LogP contribution is -2.11. The Balaban J connectivity index is 1.93. The van der Waals surface area contributed by atoms with Gasteiger partial charge in [-0.25, -0.2) is 4.79 Å². The lowest BCUT2D eigenvalue weighted by molar-refractivity contribution is -0.142. The van der Waals surface area contributed by atoms with Gasteiger partial charge in [-0.1, -0.05) is 55.5 Å². The second kappa shape index (κ2) is 8.83. The molecular weight excluding hydrogens is 304 g/mol. The Hall–Kier alpha value is -2.67. The van der Waals surface area contributed by atoms with Crippen LogP contribution in [0.4, 0.5) is 0 Å². The van der Waals surface area contributed by atoms with Crippen molar-refractivity contribution in [3.8, 4) is 11.8 Å². The summed E-state index contributed by atoms with van der Waals surface area (Å²) < 4.78 is 4.85. The van der Waals surface area contributed by atoms with E-state index >= 15 is 0 Å². The summed E-state index contributed by atoms with van der Waals surface area (Å²) in [6.07, 6.45) is 7.43. The van der Waals surface area contributed by atoms with Gasteiger partial charge in [0.1, 0.15) is 0 Å². The molecule has 0 aliphatic carbocycles. The van der Waals surface area contributed by atoms with Crippen molar-refractivity contribution in [2.45, 2.75) is 45.1 Å². The van der Waals surface area contributed by atoms with Gasteiger partial charge in [-0.3, -0.25) is 0 Å². The summed E-state index contributed by atoms with van der Waals surface area (Å²) in [4.78, 5) is 11.1. The van der Waals surface area contributed by atoms with E-state index in [1.807, 2.05) is 18.2 Å². The molecule has 1 aromatic carbocycles. The molecule has 0 aromatic heterocycles. The average Bonchev–Trinajstić information content (AvgIpc) is 2.83. The Kier molecular flexibility index (Phi) is 6.51. The van der Waals surface area contributed by atoms with Gasteiger partial charge in [0, 0.05) is 18.4 Å². The van der Waals surface area contributed by atoms with E-state index in [1.165, 1.54) is 5.56 Å². The van der Waals surface area contributed by atoms with Crippen LogP contribution >= 0.6 is 0 Å². The van der Waals surface area contributed by atoms with Crippen molar-refractivity contribution >= 4 is 5.97 Å². The summed E-state index contributed by atoms with van der Waals surface area (Å²) in [6.45, 7) is 2.15. The largest absolute Gasteiger partial charge is 0.505 e. The second-order valence-corrected chi connectivity index (χ2v) is 5.59. The van der Waals surface area contributed by atoms with Crippen molar-refractivity contribution in [1.82, 2.24) is 0 Å². The van der Waals surface area contributed by atoms with E-state index in [0.29, 0.717) is 12.8 Å². The fourth-order valence-electron chi connectivity index (χ4n) is 2.37. The molecule has 0 spiro atoms. The first-order valence-corrected chi connectivity index (χ1v) is 8.18. The molecule has 2 N–H and O–H groups in total. The maximum absolute atomic E-state index is 11.1. The van der Waals surface area contributed by atoms with Crippen LogP contribution in [0.25, 0.3) is 0 Å². The maximum Gasteiger partial charge on any atom is 0.377 e. The number of hydrogen-bond acceptors (Lipinski definition) is 4. The number of carbonyl (C=O) groups excluding carboxylic acids is 1. The van der Waals surface area contributed by atoms with Crippen LogP contribution in [0.15, 0.2) is 47.9 Å². The Bertz CT molecular complexity index is 704. The van der Waals surface area contributed by atoms with Crippen LogP contribution in [0, 0.1) is 11.8 Å². The van der Waals surface area contributed by atoms with E-state index in [9.17, 15) is 15.0 Å². The summed E-state index contributed by atoms with van der Waals surface area (Å²) in [5.74, 6) is 4.19. The number of cyclic esters (lactones) is 1. The molecule has 0 radical (unpaired) electrons. The molecule has 1 unspecified atom stereocenters. The van der Waals surface area contributed by atoms with Crippen LogP contribution in [0.3, 0.4) is 0 Å². The summed E-state index contributed by atoms with van der Waals surface area (Å²) in [5.41, 5.74) is 2.15. The van der Waals surface area contributed by atoms with Gasteiger partial charge in [0.15, 0.2) is 11.9 Å². The van der Waals surface area contributed by atoms with E-state index in [2.05, 4.69) is 37.0 Å². The van der Waals surface area contributed by atoms with Gasteiger partial charge >= 0.3 is 5.97 Å². The molecule has 0 saturated heterocycles. The Morgan fingerprint density at radius 1 is 1.25 bits per heavy atom. The number of allylic oxidation sites excluding steroid dienone is 2. The number of aliphatic hydroxyl groups is 2. The third-order valence-corrected chi connectivity index (χ3v) is 3.72. The Morgan fingerprint density at radius 2 is 2.04 bits per heavy atom. The summed E-state index contributed by atoms with van der Waals surface area (Å²) in [6, 6.07) is 7.99. The third-order valence-electron chi connectivity index (χ3n) is 3.72. The minimum Gasteiger partial charge on any atom is -0.505 e. The molecule has 1 aliphatic heterocycles. The molecule has 1 aromatic rings. The molecular formula is C20H22O4. The molecule has 0 saturated carbocycles. The first kappa shape index (κ1) is 17.7. The number of carbonyl (C=O) groups is 1. The highest BCUT2D eigenvalue weighted by atomic mass is 16.6. The fourth-order valence-corrected chi connectivity index (χ4v) is 2.37. The monoisotopic (exact) mass is 326 g/mol. The van der Waals surface area contributed by atoms with Crippen molar-refractivity contribution in [3.05, 3.63) is 59.1 Å². The van der Waals surface area contributed by atoms with Gasteiger partial charge in [0.05, 0.1) is 0 Å². The van der Waals surface area contributed by atoms with Gasteiger partial charge in [-0.05, 0) is 24.5 Å². The number of aliphatic hydroxyl groups excluding tert-OH is 2. The standard InChI is InChI=1S/C20H22O4/c1-2-3-4-5-10-15-11-6-7-12-16(15)13-8-9-14-17-18(21)19(22)20(23)24-17/h4-7,11-12,17,21-22H,2-3,9-10,14H2,1H3/b5-4-. The topological polar surface area (TPSA) is 66.8 Å². The molecule has 1 heterocycles. The van der Waals surface area contributed by atoms with Gasteiger partial charge in [-0.2, -0.15) is 0 Å². The Morgan fingerprint density at radius 3 is 2.75 bits per heavy atom. The molecule has 4 nitrogen and oxygen atoms in total. The highest BCUT2D eigenvalue weighted by Gasteiger charge is 2.33. The molecule has 0 bridgehead atoms. The van der Waals surface area contributed by atoms with Crippen molar-refractivity contribution in [2.75, 3.05) is 0 Å². The predicted octanol–water partition coefficient (Wildman–Crippen LogP) is 3.97. The van der Waals surface area contributed by atoms with Gasteiger partial charge < -0.3 is 14.9 Å². The summed E-state index contributed by atoms with van der Waals surface area (Å²) in [5, 5.41) is 18.8. The smallest absolute Gasteiger partial charge is 0.377 e. The van der Waals surface area contributed by atoms with Crippen LogP contribution < -0.4 is 0 Å². The van der Waals surface area contributed by atoms with Gasteiger partial charge in [0.25, 0.3) is 0 Å². The fraction of sp³-hybridized carbons (Fsp3) is 0.350. The predicted molar refractivity (Wildman–Crippen MR) is 92.5 cm³/mol. The van der Waals surface area contributed by atoms with Crippen LogP contribution in [-0.2, 0) is 16.0 Å². The van der Waals surface area contributed by atoms with Crippen LogP contribution in [0.1, 0.15) is 43.7 Å². The highest BCUT2D eigenvalue weighted by molar-refractivity contribution is 5.88. The molecule has 126 valence electrons. The summed E-state index contributed by atoms with van der Waals surface area (Å²) in [7, 11) is 0. The minimum atomic E-state index is -0.880. The minimum absolute atomic E-state index is 0.354. The van der Waals surface area contributed by atoms with E-state index in [-0.39, 0.29) is 0 Å². The van der Waals surface area contributed by atoms with E-state index in [0.717, 1.165) is 24.8 Å². The highest BCUT2D eigenvalue weighted by Crippen LogP contribution is 2.22. The van der Waals surface area contributed by atoms with Crippen molar-refractivity contribution in [2.24, 2.45) is 0 Å². The second-order valence-electron chi connectivity index (χ2n) is 5.59. The lowest BCUT2D eigenvalue weighted by atomic mass is 10.0. The number of benzene rings is 1. The molecule has 1 atom stereocenters. The molecule has 4 heteroatoms. The first-order valence-electron chi connectivity index (χ1n) is 8.18. The van der Waals surface area contributed by atoms with Gasteiger partial charge in [0.2, 0.25) is 5.76 Å². The maximum atomic E-state index is 11.1. The zero-order valence-electron chi connectivity index (χ0n) is 13.8. The lowest BCUT2D eigenvalue weighted by Gasteiger charge is -2.06. The van der Waals surface area contributed by atoms with E-state index < -0.39 is 23.6 Å². The molecule has 1 aliphatic rings. The quantitative estimate of drug-likeness (QED) is 0.471. The number of unbranched alkanes of at least 4 members (excludes halogenated alkanes) is 1. The normalized spacial score (nSPS) is 17.0.